The van der Waals surface area contributed by atoms with Gasteiger partial charge < -0.3 is 14.8 Å². The molecule has 3 rings (SSSR count). The largest absolute Gasteiger partial charge is 0.490 e. The van der Waals surface area contributed by atoms with Crippen molar-refractivity contribution in [2.75, 3.05) is 11.9 Å². The van der Waals surface area contributed by atoms with Crippen molar-refractivity contribution in [3.05, 3.63) is 88.7 Å². The van der Waals surface area contributed by atoms with Gasteiger partial charge in [-0.3, -0.25) is 5.43 Å². The maximum Gasteiger partial charge on any atom is 0.191 e. The molecule has 160 valence electrons. The van der Waals surface area contributed by atoms with E-state index in [1.165, 1.54) is 12.1 Å². The number of hydrogen-bond donors (Lipinski definition) is 2. The Morgan fingerprint density at radius 2 is 1.77 bits per heavy atom. The predicted octanol–water partition coefficient (Wildman–Crippen LogP) is 5.78. The van der Waals surface area contributed by atoms with Gasteiger partial charge in [0.05, 0.1) is 12.8 Å². The number of nitrogens with zero attached hydrogens (tertiary/aromatic N) is 1. The first-order valence-electron chi connectivity index (χ1n) is 9.53. The minimum Gasteiger partial charge on any atom is -0.490 e. The van der Waals surface area contributed by atoms with Gasteiger partial charge >= 0.3 is 0 Å². The van der Waals surface area contributed by atoms with E-state index in [-0.39, 0.29) is 10.9 Å². The molecule has 0 fully saturated rings. The average Bonchev–Trinajstić information content (AvgIpc) is 2.76. The molecule has 3 aromatic rings. The van der Waals surface area contributed by atoms with Gasteiger partial charge in [-0.25, -0.2) is 4.39 Å². The number of halogens is 2. The van der Waals surface area contributed by atoms with Crippen LogP contribution >= 0.6 is 23.8 Å². The van der Waals surface area contributed by atoms with E-state index in [0.717, 1.165) is 11.1 Å². The Balaban J connectivity index is 1.59. The second-order valence-corrected chi connectivity index (χ2v) is 7.23. The summed E-state index contributed by atoms with van der Waals surface area (Å²) in [4.78, 5) is 0. The number of benzene rings is 3. The van der Waals surface area contributed by atoms with Crippen LogP contribution in [0.5, 0.6) is 11.5 Å². The van der Waals surface area contributed by atoms with Crippen molar-refractivity contribution >= 4 is 40.8 Å². The van der Waals surface area contributed by atoms with Crippen LogP contribution < -0.4 is 20.2 Å². The van der Waals surface area contributed by atoms with Crippen LogP contribution in [0.4, 0.5) is 10.1 Å². The van der Waals surface area contributed by atoms with Gasteiger partial charge in [0.1, 0.15) is 12.4 Å². The molecule has 0 radical (unpaired) electrons. The Morgan fingerprint density at radius 3 is 2.48 bits per heavy atom. The lowest BCUT2D eigenvalue weighted by Gasteiger charge is -2.13. The van der Waals surface area contributed by atoms with Gasteiger partial charge in [-0.1, -0.05) is 23.7 Å². The Kier molecular flexibility index (Phi) is 8.20. The molecule has 0 amide bonds. The first-order valence-corrected chi connectivity index (χ1v) is 10.3. The summed E-state index contributed by atoms with van der Waals surface area (Å²) >= 11 is 11.1. The van der Waals surface area contributed by atoms with Gasteiger partial charge in [0.2, 0.25) is 0 Å². The number of nitrogens with one attached hydrogen (secondary N) is 2. The minimum atomic E-state index is -0.312. The van der Waals surface area contributed by atoms with E-state index in [1.54, 1.807) is 18.3 Å². The highest BCUT2D eigenvalue weighted by atomic mass is 35.5. The van der Waals surface area contributed by atoms with Crippen LogP contribution in [-0.2, 0) is 6.61 Å². The molecule has 31 heavy (non-hydrogen) atoms. The van der Waals surface area contributed by atoms with E-state index in [1.807, 2.05) is 49.4 Å². The maximum absolute atomic E-state index is 13.0. The smallest absolute Gasteiger partial charge is 0.191 e. The van der Waals surface area contributed by atoms with Crippen LogP contribution in [0.2, 0.25) is 5.02 Å². The molecule has 0 bridgehead atoms. The Labute approximate surface area is 190 Å². The van der Waals surface area contributed by atoms with E-state index in [9.17, 15) is 4.39 Å². The highest BCUT2D eigenvalue weighted by molar-refractivity contribution is 7.80. The zero-order chi connectivity index (χ0) is 22.1. The monoisotopic (exact) mass is 457 g/mol. The third kappa shape index (κ3) is 7.24. The zero-order valence-corrected chi connectivity index (χ0v) is 18.3. The number of thiocarbonyl (C=S) groups is 1. The van der Waals surface area contributed by atoms with Crippen LogP contribution in [0.1, 0.15) is 18.1 Å². The van der Waals surface area contributed by atoms with Crippen molar-refractivity contribution in [3.8, 4) is 11.5 Å². The van der Waals surface area contributed by atoms with E-state index in [4.69, 9.17) is 33.3 Å². The molecule has 0 spiro atoms. The summed E-state index contributed by atoms with van der Waals surface area (Å²) in [5.41, 5.74) is 5.20. The van der Waals surface area contributed by atoms with Crippen molar-refractivity contribution in [2.45, 2.75) is 13.5 Å². The average molecular weight is 458 g/mol. The molecule has 0 aromatic heterocycles. The molecule has 0 unspecified atom stereocenters. The van der Waals surface area contributed by atoms with Crippen molar-refractivity contribution in [2.24, 2.45) is 5.10 Å². The summed E-state index contributed by atoms with van der Waals surface area (Å²) in [5.74, 6) is 0.941. The van der Waals surface area contributed by atoms with Crippen molar-refractivity contribution in [1.29, 1.82) is 0 Å². The Morgan fingerprint density at radius 1 is 1.03 bits per heavy atom. The summed E-state index contributed by atoms with van der Waals surface area (Å²) in [6.45, 7) is 2.81. The van der Waals surface area contributed by atoms with Crippen LogP contribution in [0.25, 0.3) is 0 Å². The van der Waals surface area contributed by atoms with Gasteiger partial charge in [0.25, 0.3) is 0 Å². The van der Waals surface area contributed by atoms with E-state index >= 15 is 0 Å². The van der Waals surface area contributed by atoms with Crippen molar-refractivity contribution < 1.29 is 13.9 Å². The molecule has 0 saturated heterocycles. The maximum atomic E-state index is 13.0. The van der Waals surface area contributed by atoms with Gasteiger partial charge in [-0.05, 0) is 84.9 Å². The lowest BCUT2D eigenvalue weighted by atomic mass is 10.2. The number of hydrogen-bond acceptors (Lipinski definition) is 4. The molecule has 0 saturated carbocycles. The number of hydrazone groups is 1. The SMILES string of the molecule is CCOc1cc(/C=N\NC(=S)Nc2ccc(F)cc2)ccc1OCc1ccc(Cl)cc1. The molecule has 0 aliphatic carbocycles. The van der Waals surface area contributed by atoms with E-state index < -0.39 is 0 Å². The molecule has 0 heterocycles. The predicted molar refractivity (Wildman–Crippen MR) is 127 cm³/mol. The molecule has 2 N–H and O–H groups in total. The fraction of sp³-hybridized carbons (Fsp3) is 0.130. The summed E-state index contributed by atoms with van der Waals surface area (Å²) in [6.07, 6.45) is 1.62. The zero-order valence-electron chi connectivity index (χ0n) is 16.8. The highest BCUT2D eigenvalue weighted by Gasteiger charge is 2.07. The quantitative estimate of drug-likeness (QED) is 0.255. The third-order valence-electron chi connectivity index (χ3n) is 4.06. The van der Waals surface area contributed by atoms with E-state index in [0.29, 0.717) is 35.4 Å². The number of rotatable bonds is 8. The van der Waals surface area contributed by atoms with Gasteiger partial charge in [0.15, 0.2) is 16.6 Å². The molecule has 3 aromatic carbocycles. The van der Waals surface area contributed by atoms with Crippen LogP contribution in [0.15, 0.2) is 71.8 Å². The first kappa shape index (κ1) is 22.5. The molecular formula is C23H21ClFN3O2S. The highest BCUT2D eigenvalue weighted by Crippen LogP contribution is 2.29. The third-order valence-corrected chi connectivity index (χ3v) is 4.50. The normalized spacial score (nSPS) is 10.7. The van der Waals surface area contributed by atoms with Gasteiger partial charge in [-0.15, -0.1) is 0 Å². The minimum absolute atomic E-state index is 0.288. The summed E-state index contributed by atoms with van der Waals surface area (Å²) < 4.78 is 24.6. The Bertz CT molecular complexity index is 1040. The van der Waals surface area contributed by atoms with Crippen molar-refractivity contribution in [3.63, 3.8) is 0 Å². The van der Waals surface area contributed by atoms with Crippen molar-refractivity contribution in [1.82, 2.24) is 5.43 Å². The standard InChI is InChI=1S/C23H21ClFN3O2S/c1-2-29-22-13-17(5-12-21(22)30-15-16-3-6-18(24)7-4-16)14-26-28-23(31)27-20-10-8-19(25)9-11-20/h3-14H,2,15H2,1H3,(H2,27,28,31)/b26-14-. The van der Waals surface area contributed by atoms with Gasteiger partial charge in [-0.2, -0.15) is 5.10 Å². The molecule has 0 atom stereocenters. The Hall–Kier alpha value is -3.16. The second kappa shape index (κ2) is 11.3. The molecule has 8 heteroatoms. The first-order chi connectivity index (χ1) is 15.0. The fourth-order valence-electron chi connectivity index (χ4n) is 2.59. The molecule has 0 aliphatic rings. The van der Waals surface area contributed by atoms with Gasteiger partial charge in [0, 0.05) is 10.7 Å². The summed E-state index contributed by atoms with van der Waals surface area (Å²) in [7, 11) is 0. The summed E-state index contributed by atoms with van der Waals surface area (Å²) in [6, 6.07) is 18.9. The topological polar surface area (TPSA) is 54.9 Å². The second-order valence-electron chi connectivity index (χ2n) is 6.39. The van der Waals surface area contributed by atoms with E-state index in [2.05, 4.69) is 15.8 Å². The number of ether oxygens (including phenoxy) is 2. The van der Waals surface area contributed by atoms with Crippen LogP contribution in [0, 0.1) is 5.82 Å². The molecule has 5 nitrogen and oxygen atoms in total. The van der Waals surface area contributed by atoms with Crippen LogP contribution in [-0.4, -0.2) is 17.9 Å². The van der Waals surface area contributed by atoms with Crippen LogP contribution in [0.3, 0.4) is 0 Å². The molecular weight excluding hydrogens is 437 g/mol. The fourth-order valence-corrected chi connectivity index (χ4v) is 2.89. The number of anilines is 1. The molecule has 0 aliphatic heterocycles. The lowest BCUT2D eigenvalue weighted by molar-refractivity contribution is 0.269. The lowest BCUT2D eigenvalue weighted by Crippen LogP contribution is -2.23. The summed E-state index contributed by atoms with van der Waals surface area (Å²) in [5, 5.41) is 8.02.